The Hall–Kier alpha value is -2.27. The summed E-state index contributed by atoms with van der Waals surface area (Å²) < 4.78 is 0. The lowest BCUT2D eigenvalue weighted by Crippen LogP contribution is -2.33. The van der Waals surface area contributed by atoms with Crippen LogP contribution >= 0.6 is 11.3 Å². The SMILES string of the molecule is CC(C)=C1[C@H]2CC[C@H]1[C@@H]1C(=O)N(c3nc(-c4cc(C)ccc4C)c(C)s3)C(=O)[C@H]12. The summed E-state index contributed by atoms with van der Waals surface area (Å²) in [4.78, 5) is 34.0. The van der Waals surface area contributed by atoms with Gasteiger partial charge in [0, 0.05) is 10.4 Å². The van der Waals surface area contributed by atoms with E-state index < -0.39 is 0 Å². The number of nitrogens with zero attached hydrogens (tertiary/aromatic N) is 2. The molecular formula is C24H26N2O2S. The Morgan fingerprint density at radius 3 is 2.24 bits per heavy atom. The molecule has 29 heavy (non-hydrogen) atoms. The Bertz CT molecular complexity index is 1060. The Kier molecular flexibility index (Phi) is 4.11. The van der Waals surface area contributed by atoms with Gasteiger partial charge in [-0.25, -0.2) is 9.88 Å². The van der Waals surface area contributed by atoms with Crippen LogP contribution in [0.2, 0.25) is 0 Å². The van der Waals surface area contributed by atoms with E-state index >= 15 is 0 Å². The summed E-state index contributed by atoms with van der Waals surface area (Å²) in [6, 6.07) is 6.32. The number of carbonyl (C=O) groups excluding carboxylic acids is 2. The fraction of sp³-hybridized carbons (Fsp3) is 0.458. The van der Waals surface area contributed by atoms with Gasteiger partial charge < -0.3 is 0 Å². The van der Waals surface area contributed by atoms with Crippen molar-refractivity contribution in [3.05, 3.63) is 45.3 Å². The summed E-state index contributed by atoms with van der Waals surface area (Å²) in [5.74, 6) is 0.0606. The van der Waals surface area contributed by atoms with Crippen molar-refractivity contribution in [3.8, 4) is 11.3 Å². The minimum Gasteiger partial charge on any atom is -0.274 e. The number of amides is 2. The first-order valence-corrected chi connectivity index (χ1v) is 11.2. The van der Waals surface area contributed by atoms with Crippen molar-refractivity contribution in [2.75, 3.05) is 4.90 Å². The quantitative estimate of drug-likeness (QED) is 0.508. The number of aromatic nitrogens is 1. The molecule has 1 aromatic heterocycles. The first-order valence-electron chi connectivity index (χ1n) is 10.4. The van der Waals surface area contributed by atoms with E-state index in [0.29, 0.717) is 5.13 Å². The molecule has 150 valence electrons. The van der Waals surface area contributed by atoms with Crippen molar-refractivity contribution >= 4 is 28.3 Å². The molecule has 1 aliphatic heterocycles. The average Bonchev–Trinajstić information content (AvgIpc) is 3.39. The highest BCUT2D eigenvalue weighted by Gasteiger charge is 2.64. The van der Waals surface area contributed by atoms with Crippen LogP contribution in [0.4, 0.5) is 5.13 Å². The molecule has 4 atom stereocenters. The summed E-state index contributed by atoms with van der Waals surface area (Å²) in [5, 5.41) is 0.543. The number of allylic oxidation sites excluding steroid dienone is 2. The zero-order valence-electron chi connectivity index (χ0n) is 17.6. The number of imide groups is 1. The maximum atomic E-state index is 13.4. The zero-order chi connectivity index (χ0) is 20.6. The molecule has 1 aromatic carbocycles. The molecule has 2 amide bonds. The lowest BCUT2D eigenvalue weighted by atomic mass is 9.81. The van der Waals surface area contributed by atoms with E-state index in [1.165, 1.54) is 32.9 Å². The van der Waals surface area contributed by atoms with Gasteiger partial charge in [-0.15, -0.1) is 11.3 Å². The van der Waals surface area contributed by atoms with Crippen LogP contribution in [0.3, 0.4) is 0 Å². The van der Waals surface area contributed by atoms with Crippen LogP contribution in [-0.4, -0.2) is 16.8 Å². The van der Waals surface area contributed by atoms with Gasteiger partial charge in [-0.2, -0.15) is 0 Å². The first-order chi connectivity index (χ1) is 13.8. The summed E-state index contributed by atoms with van der Waals surface area (Å²) in [7, 11) is 0. The van der Waals surface area contributed by atoms with E-state index in [0.717, 1.165) is 34.5 Å². The predicted molar refractivity (Wildman–Crippen MR) is 116 cm³/mol. The maximum absolute atomic E-state index is 13.4. The van der Waals surface area contributed by atoms with Gasteiger partial charge >= 0.3 is 0 Å². The van der Waals surface area contributed by atoms with Gasteiger partial charge in [-0.1, -0.05) is 28.8 Å². The highest BCUT2D eigenvalue weighted by Crippen LogP contribution is 2.60. The lowest BCUT2D eigenvalue weighted by Gasteiger charge is -2.18. The van der Waals surface area contributed by atoms with Gasteiger partial charge in [-0.05, 0) is 70.9 Å². The summed E-state index contributed by atoms with van der Waals surface area (Å²) in [6.07, 6.45) is 2.06. The van der Waals surface area contributed by atoms with Gasteiger partial charge in [0.2, 0.25) is 11.8 Å². The maximum Gasteiger partial charge on any atom is 0.240 e. The lowest BCUT2D eigenvalue weighted by molar-refractivity contribution is -0.123. The molecule has 3 aliphatic rings. The third-order valence-electron chi connectivity index (χ3n) is 7.05. The summed E-state index contributed by atoms with van der Waals surface area (Å²) >= 11 is 1.46. The molecule has 2 saturated carbocycles. The fourth-order valence-corrected chi connectivity index (χ4v) is 6.83. The number of aryl methyl sites for hydroxylation is 3. The van der Waals surface area contributed by atoms with E-state index in [1.54, 1.807) is 0 Å². The normalized spacial score (nSPS) is 27.9. The number of hydrogen-bond acceptors (Lipinski definition) is 4. The van der Waals surface area contributed by atoms with E-state index in [2.05, 4.69) is 45.9 Å². The third kappa shape index (κ3) is 2.53. The number of fused-ring (bicyclic) bond motifs is 5. The van der Waals surface area contributed by atoms with Crippen LogP contribution in [0, 0.1) is 44.4 Å². The molecule has 2 aromatic rings. The van der Waals surface area contributed by atoms with Crippen LogP contribution in [0.1, 0.15) is 42.7 Å². The van der Waals surface area contributed by atoms with Gasteiger partial charge in [0.05, 0.1) is 17.5 Å². The minimum atomic E-state index is -0.181. The number of carbonyl (C=O) groups is 2. The standard InChI is InChI=1S/C24H26N2O2S/c1-11(2)18-15-8-9-16(18)20-19(15)22(27)26(23(20)28)24-25-21(14(5)29-24)17-10-12(3)6-7-13(17)4/h6-7,10,15-16,19-20H,8-9H2,1-5H3/t15-,16-,19+,20+/m1/s1. The molecule has 5 rings (SSSR count). The first kappa shape index (κ1) is 18.7. The van der Waals surface area contributed by atoms with Crippen LogP contribution in [0.15, 0.2) is 29.3 Å². The number of benzene rings is 1. The number of hydrogen-bond donors (Lipinski definition) is 0. The van der Waals surface area contributed by atoms with Gasteiger partial charge in [-0.3, -0.25) is 9.59 Å². The van der Waals surface area contributed by atoms with E-state index in [1.807, 2.05) is 6.92 Å². The largest absolute Gasteiger partial charge is 0.274 e. The number of anilines is 1. The van der Waals surface area contributed by atoms with Crippen LogP contribution in [0.25, 0.3) is 11.3 Å². The molecule has 0 radical (unpaired) electrons. The molecule has 4 nitrogen and oxygen atoms in total. The smallest absolute Gasteiger partial charge is 0.240 e. The molecule has 0 unspecified atom stereocenters. The van der Waals surface area contributed by atoms with Crippen molar-refractivity contribution in [1.29, 1.82) is 0 Å². The molecule has 2 heterocycles. The monoisotopic (exact) mass is 406 g/mol. The van der Waals surface area contributed by atoms with Crippen molar-refractivity contribution in [1.82, 2.24) is 4.98 Å². The average molecular weight is 407 g/mol. The predicted octanol–water partition coefficient (Wildman–Crippen LogP) is 5.22. The zero-order valence-corrected chi connectivity index (χ0v) is 18.4. The second kappa shape index (κ2) is 6.36. The highest BCUT2D eigenvalue weighted by molar-refractivity contribution is 7.16. The molecule has 0 spiro atoms. The number of thiazole rings is 1. The van der Waals surface area contributed by atoms with Gasteiger partial charge in [0.25, 0.3) is 0 Å². The summed E-state index contributed by atoms with van der Waals surface area (Å²) in [6.45, 7) is 10.4. The van der Waals surface area contributed by atoms with Crippen LogP contribution in [-0.2, 0) is 9.59 Å². The second-order valence-electron chi connectivity index (χ2n) is 9.03. The summed E-state index contributed by atoms with van der Waals surface area (Å²) in [5.41, 5.74) is 6.97. The molecular weight excluding hydrogens is 380 g/mol. The molecule has 1 saturated heterocycles. The van der Waals surface area contributed by atoms with E-state index in [9.17, 15) is 9.59 Å². The number of rotatable bonds is 2. The third-order valence-corrected chi connectivity index (χ3v) is 8.01. The fourth-order valence-electron chi connectivity index (χ4n) is 5.90. The molecule has 5 heteroatoms. The Morgan fingerprint density at radius 1 is 1.03 bits per heavy atom. The second-order valence-corrected chi connectivity index (χ2v) is 10.2. The van der Waals surface area contributed by atoms with E-state index in [4.69, 9.17) is 4.98 Å². The van der Waals surface area contributed by atoms with Gasteiger partial charge in [0.15, 0.2) is 5.13 Å². The van der Waals surface area contributed by atoms with Gasteiger partial charge in [0.1, 0.15) is 0 Å². The molecule has 2 bridgehead atoms. The Morgan fingerprint density at radius 2 is 1.66 bits per heavy atom. The van der Waals surface area contributed by atoms with Crippen LogP contribution < -0.4 is 4.90 Å². The van der Waals surface area contributed by atoms with Crippen molar-refractivity contribution in [2.24, 2.45) is 23.7 Å². The van der Waals surface area contributed by atoms with Crippen molar-refractivity contribution in [2.45, 2.75) is 47.5 Å². The van der Waals surface area contributed by atoms with Crippen LogP contribution in [0.5, 0.6) is 0 Å². The van der Waals surface area contributed by atoms with Crippen molar-refractivity contribution in [3.63, 3.8) is 0 Å². The Labute approximate surface area is 175 Å². The molecule has 2 aliphatic carbocycles. The minimum absolute atomic E-state index is 0.0350. The highest BCUT2D eigenvalue weighted by atomic mass is 32.1. The Balaban J connectivity index is 1.54. The van der Waals surface area contributed by atoms with Crippen molar-refractivity contribution < 1.29 is 9.59 Å². The topological polar surface area (TPSA) is 50.3 Å². The molecule has 0 N–H and O–H groups in total. The molecule has 3 fully saturated rings. The van der Waals surface area contributed by atoms with E-state index in [-0.39, 0.29) is 35.5 Å².